The Kier molecular flexibility index (Phi) is 4.27. The van der Waals surface area contributed by atoms with Crippen LogP contribution in [0.4, 0.5) is 5.69 Å². The highest BCUT2D eigenvalue weighted by Gasteiger charge is 2.10. The third-order valence-electron chi connectivity index (χ3n) is 3.29. The van der Waals surface area contributed by atoms with Crippen LogP contribution in [0.3, 0.4) is 0 Å². The van der Waals surface area contributed by atoms with Gasteiger partial charge < -0.3 is 14.6 Å². The van der Waals surface area contributed by atoms with Gasteiger partial charge >= 0.3 is 0 Å². The number of rotatable bonds is 5. The zero-order valence-corrected chi connectivity index (χ0v) is 12.1. The second-order valence-corrected chi connectivity index (χ2v) is 5.14. The highest BCUT2D eigenvalue weighted by atomic mass is 16.3. The van der Waals surface area contributed by atoms with E-state index in [1.54, 1.807) is 6.26 Å². The van der Waals surface area contributed by atoms with E-state index in [0.29, 0.717) is 0 Å². The molecule has 0 radical (unpaired) electrons. The van der Waals surface area contributed by atoms with E-state index >= 15 is 0 Å². The van der Waals surface area contributed by atoms with E-state index in [2.05, 4.69) is 56.4 Å². The molecule has 3 heteroatoms. The number of anilines is 1. The maximum absolute atomic E-state index is 5.41. The Balaban J connectivity index is 2.07. The predicted octanol–water partition coefficient (Wildman–Crippen LogP) is 3.50. The van der Waals surface area contributed by atoms with Gasteiger partial charge in [0.15, 0.2) is 0 Å². The summed E-state index contributed by atoms with van der Waals surface area (Å²) in [5.41, 5.74) is 3.85. The SMILES string of the molecule is Cc1ccc(CN[C@@H](C)c2ccco2)c(N(C)C)c1. The smallest absolute Gasteiger partial charge is 0.120 e. The van der Waals surface area contributed by atoms with Gasteiger partial charge in [-0.25, -0.2) is 0 Å². The molecule has 2 aromatic rings. The lowest BCUT2D eigenvalue weighted by molar-refractivity contribution is 0.430. The van der Waals surface area contributed by atoms with E-state index in [1.165, 1.54) is 16.8 Å². The van der Waals surface area contributed by atoms with Crippen LogP contribution in [0.5, 0.6) is 0 Å². The van der Waals surface area contributed by atoms with E-state index in [1.807, 2.05) is 12.1 Å². The van der Waals surface area contributed by atoms with E-state index in [4.69, 9.17) is 4.42 Å². The molecule has 1 aromatic carbocycles. The first-order chi connectivity index (χ1) is 9.08. The number of hydrogen-bond donors (Lipinski definition) is 1. The van der Waals surface area contributed by atoms with Gasteiger partial charge in [0.1, 0.15) is 5.76 Å². The highest BCUT2D eigenvalue weighted by molar-refractivity contribution is 5.54. The largest absolute Gasteiger partial charge is 0.468 e. The molecule has 1 atom stereocenters. The minimum Gasteiger partial charge on any atom is -0.468 e. The van der Waals surface area contributed by atoms with Crippen molar-refractivity contribution in [3.8, 4) is 0 Å². The lowest BCUT2D eigenvalue weighted by Gasteiger charge is -2.20. The molecule has 19 heavy (non-hydrogen) atoms. The quantitative estimate of drug-likeness (QED) is 0.889. The molecule has 2 rings (SSSR count). The van der Waals surface area contributed by atoms with Crippen LogP contribution in [0.1, 0.15) is 29.9 Å². The monoisotopic (exact) mass is 258 g/mol. The normalized spacial score (nSPS) is 12.4. The molecule has 0 unspecified atom stereocenters. The topological polar surface area (TPSA) is 28.4 Å². The number of aryl methyl sites for hydroxylation is 1. The van der Waals surface area contributed by atoms with Crippen LogP contribution >= 0.6 is 0 Å². The van der Waals surface area contributed by atoms with Crippen molar-refractivity contribution in [1.82, 2.24) is 5.32 Å². The fourth-order valence-electron chi connectivity index (χ4n) is 2.14. The van der Waals surface area contributed by atoms with E-state index in [0.717, 1.165) is 12.3 Å². The molecule has 0 fully saturated rings. The summed E-state index contributed by atoms with van der Waals surface area (Å²) in [5.74, 6) is 0.971. The Morgan fingerprint density at radius 1 is 1.26 bits per heavy atom. The van der Waals surface area contributed by atoms with Crippen molar-refractivity contribution in [2.45, 2.75) is 26.4 Å². The average Bonchev–Trinajstić information content (AvgIpc) is 2.90. The van der Waals surface area contributed by atoms with Gasteiger partial charge in [-0.05, 0) is 43.2 Å². The fourth-order valence-corrected chi connectivity index (χ4v) is 2.14. The number of benzene rings is 1. The summed E-state index contributed by atoms with van der Waals surface area (Å²) in [7, 11) is 4.16. The van der Waals surface area contributed by atoms with E-state index in [9.17, 15) is 0 Å². The van der Waals surface area contributed by atoms with E-state index in [-0.39, 0.29) is 6.04 Å². The first-order valence-electron chi connectivity index (χ1n) is 6.61. The number of nitrogens with zero attached hydrogens (tertiary/aromatic N) is 1. The van der Waals surface area contributed by atoms with Crippen molar-refractivity contribution in [1.29, 1.82) is 0 Å². The molecule has 102 valence electrons. The van der Waals surface area contributed by atoms with Crippen molar-refractivity contribution in [3.63, 3.8) is 0 Å². The Bertz CT molecular complexity index is 518. The standard InChI is InChI=1S/C16H22N2O/c1-12-7-8-14(15(10-12)18(3)4)11-17-13(2)16-6-5-9-19-16/h5-10,13,17H,11H2,1-4H3/t13-/m0/s1. The van der Waals surface area contributed by atoms with Gasteiger partial charge in [-0.15, -0.1) is 0 Å². The average molecular weight is 258 g/mol. The summed E-state index contributed by atoms with van der Waals surface area (Å²) in [5, 5.41) is 3.50. The molecule has 0 aliphatic heterocycles. The van der Waals surface area contributed by atoms with Crippen molar-refractivity contribution < 1.29 is 4.42 Å². The molecule has 1 heterocycles. The van der Waals surface area contributed by atoms with Crippen LogP contribution in [-0.4, -0.2) is 14.1 Å². The van der Waals surface area contributed by atoms with Gasteiger partial charge in [-0.2, -0.15) is 0 Å². The van der Waals surface area contributed by atoms with Gasteiger partial charge in [0.25, 0.3) is 0 Å². The van der Waals surface area contributed by atoms with Crippen LogP contribution in [-0.2, 0) is 6.54 Å². The van der Waals surface area contributed by atoms with E-state index < -0.39 is 0 Å². The maximum atomic E-state index is 5.41. The van der Waals surface area contributed by atoms with Crippen LogP contribution in [0.25, 0.3) is 0 Å². The zero-order valence-electron chi connectivity index (χ0n) is 12.1. The molecule has 0 aliphatic carbocycles. The Morgan fingerprint density at radius 2 is 2.05 bits per heavy atom. The molecular formula is C16H22N2O. The van der Waals surface area contributed by atoms with Crippen molar-refractivity contribution in [3.05, 3.63) is 53.5 Å². The third kappa shape index (κ3) is 3.38. The zero-order chi connectivity index (χ0) is 13.8. The number of nitrogens with one attached hydrogen (secondary N) is 1. The minimum absolute atomic E-state index is 0.214. The molecule has 1 N–H and O–H groups in total. The fraction of sp³-hybridized carbons (Fsp3) is 0.375. The first kappa shape index (κ1) is 13.7. The molecule has 0 saturated carbocycles. The van der Waals surface area contributed by atoms with Crippen molar-refractivity contribution in [2.75, 3.05) is 19.0 Å². The molecule has 3 nitrogen and oxygen atoms in total. The second kappa shape index (κ2) is 5.93. The van der Waals surface area contributed by atoms with Crippen LogP contribution in [0, 0.1) is 6.92 Å². The third-order valence-corrected chi connectivity index (χ3v) is 3.29. The molecule has 0 saturated heterocycles. The lowest BCUT2D eigenvalue weighted by Crippen LogP contribution is -2.20. The summed E-state index contributed by atoms with van der Waals surface area (Å²) in [6, 6.07) is 10.7. The van der Waals surface area contributed by atoms with Crippen molar-refractivity contribution in [2.24, 2.45) is 0 Å². The summed E-state index contributed by atoms with van der Waals surface area (Å²) in [6.45, 7) is 5.06. The van der Waals surface area contributed by atoms with Gasteiger partial charge in [0.2, 0.25) is 0 Å². The molecular weight excluding hydrogens is 236 g/mol. The molecule has 0 aliphatic rings. The second-order valence-electron chi connectivity index (χ2n) is 5.14. The van der Waals surface area contributed by atoms with Crippen LogP contribution < -0.4 is 10.2 Å². The van der Waals surface area contributed by atoms with Crippen LogP contribution in [0.15, 0.2) is 41.0 Å². The number of furan rings is 1. The van der Waals surface area contributed by atoms with Gasteiger partial charge in [-0.3, -0.25) is 0 Å². The maximum Gasteiger partial charge on any atom is 0.120 e. The summed E-state index contributed by atoms with van der Waals surface area (Å²) in [4.78, 5) is 2.15. The summed E-state index contributed by atoms with van der Waals surface area (Å²) < 4.78 is 5.41. The summed E-state index contributed by atoms with van der Waals surface area (Å²) in [6.07, 6.45) is 1.71. The van der Waals surface area contributed by atoms with Gasteiger partial charge in [0.05, 0.1) is 12.3 Å². The first-order valence-corrected chi connectivity index (χ1v) is 6.61. The van der Waals surface area contributed by atoms with Crippen LogP contribution in [0.2, 0.25) is 0 Å². The van der Waals surface area contributed by atoms with Crippen molar-refractivity contribution >= 4 is 5.69 Å². The molecule has 0 amide bonds. The highest BCUT2D eigenvalue weighted by Crippen LogP contribution is 2.21. The Labute approximate surface area is 115 Å². The summed E-state index contributed by atoms with van der Waals surface area (Å²) >= 11 is 0. The van der Waals surface area contributed by atoms with Gasteiger partial charge in [0, 0.05) is 26.3 Å². The predicted molar refractivity (Wildman–Crippen MR) is 79.5 cm³/mol. The Morgan fingerprint density at radius 3 is 2.68 bits per heavy atom. The lowest BCUT2D eigenvalue weighted by atomic mass is 10.1. The minimum atomic E-state index is 0.214. The van der Waals surface area contributed by atoms with Gasteiger partial charge in [-0.1, -0.05) is 12.1 Å². The number of hydrogen-bond acceptors (Lipinski definition) is 3. The molecule has 0 bridgehead atoms. The Hall–Kier alpha value is -1.74. The molecule has 1 aromatic heterocycles. The molecule has 0 spiro atoms.